The van der Waals surface area contributed by atoms with Gasteiger partial charge >= 0.3 is 5.97 Å². The van der Waals surface area contributed by atoms with E-state index in [1.165, 1.54) is 36.5 Å². The number of carbonyl (C=O) groups is 2. The lowest BCUT2D eigenvalue weighted by Crippen LogP contribution is -2.43. The molecule has 1 atom stereocenters. The van der Waals surface area contributed by atoms with Crippen LogP contribution in [0.4, 0.5) is 0 Å². The lowest BCUT2D eigenvalue weighted by atomic mass is 10.1. The van der Waals surface area contributed by atoms with Gasteiger partial charge in [-0.25, -0.2) is 14.8 Å². The van der Waals surface area contributed by atoms with E-state index in [-0.39, 0.29) is 11.7 Å². The normalized spacial score (nSPS) is 11.9. The minimum Gasteiger partial charge on any atom is -0.467 e. The largest absolute Gasteiger partial charge is 0.467 e. The third kappa shape index (κ3) is 4.59. The van der Waals surface area contributed by atoms with Gasteiger partial charge < -0.3 is 10.1 Å². The number of fused-ring (bicyclic) bond motifs is 1. The number of amides is 1. The van der Waals surface area contributed by atoms with Gasteiger partial charge in [0.05, 0.1) is 23.1 Å². The Kier molecular flexibility index (Phi) is 6.19. The second-order valence-corrected chi connectivity index (χ2v) is 7.32. The number of thiophene rings is 1. The van der Waals surface area contributed by atoms with E-state index >= 15 is 0 Å². The summed E-state index contributed by atoms with van der Waals surface area (Å²) in [6, 6.07) is 10.7. The molecule has 134 valence electrons. The number of esters is 1. The fraction of sp³-hybridized carbons (Fsp3) is 0.222. The van der Waals surface area contributed by atoms with Crippen LogP contribution < -0.4 is 5.32 Å². The van der Waals surface area contributed by atoms with Crippen LogP contribution in [0.3, 0.4) is 0 Å². The van der Waals surface area contributed by atoms with E-state index in [4.69, 9.17) is 4.74 Å². The molecule has 0 fully saturated rings. The molecule has 0 aliphatic rings. The first kappa shape index (κ1) is 18.3. The molecule has 2 heterocycles. The van der Waals surface area contributed by atoms with Crippen LogP contribution in [0.5, 0.6) is 0 Å². The molecule has 1 aromatic carbocycles. The van der Waals surface area contributed by atoms with Crippen molar-refractivity contribution in [1.29, 1.82) is 0 Å². The molecule has 0 spiro atoms. The highest BCUT2D eigenvalue weighted by molar-refractivity contribution is 8.00. The quantitative estimate of drug-likeness (QED) is 0.381. The molecule has 2 aromatic heterocycles. The van der Waals surface area contributed by atoms with Gasteiger partial charge in [-0.2, -0.15) is 0 Å². The van der Waals surface area contributed by atoms with Crippen molar-refractivity contribution in [1.82, 2.24) is 15.3 Å². The highest BCUT2D eigenvalue weighted by atomic mass is 32.2. The van der Waals surface area contributed by atoms with Crippen LogP contribution in [0, 0.1) is 0 Å². The monoisotopic (exact) mass is 387 g/mol. The van der Waals surface area contributed by atoms with Crippen LogP contribution in [0.1, 0.15) is 5.56 Å². The molecule has 6 nitrogen and oxygen atoms in total. The molecular weight excluding hydrogens is 370 g/mol. The van der Waals surface area contributed by atoms with Crippen molar-refractivity contribution in [3.8, 4) is 0 Å². The minimum absolute atomic E-state index is 0.159. The van der Waals surface area contributed by atoms with E-state index in [0.29, 0.717) is 6.42 Å². The Bertz CT molecular complexity index is 899. The Hall–Kier alpha value is -2.45. The van der Waals surface area contributed by atoms with Crippen LogP contribution in [0.2, 0.25) is 0 Å². The molecule has 1 N–H and O–H groups in total. The van der Waals surface area contributed by atoms with E-state index < -0.39 is 12.0 Å². The zero-order chi connectivity index (χ0) is 18.4. The SMILES string of the molecule is COC(=O)C(Cc1ccccc1)NC(=O)CSc1ncnc2ccsc12. The summed E-state index contributed by atoms with van der Waals surface area (Å²) in [5, 5.41) is 5.46. The molecule has 1 unspecified atom stereocenters. The topological polar surface area (TPSA) is 81.2 Å². The lowest BCUT2D eigenvalue weighted by Gasteiger charge is -2.16. The predicted octanol–water partition coefficient (Wildman–Crippen LogP) is 2.68. The summed E-state index contributed by atoms with van der Waals surface area (Å²) in [6.07, 6.45) is 1.87. The Morgan fingerprint density at radius 1 is 1.23 bits per heavy atom. The first-order valence-corrected chi connectivity index (χ1v) is 9.76. The molecule has 0 aliphatic carbocycles. The van der Waals surface area contributed by atoms with Gasteiger partial charge in [0.2, 0.25) is 5.91 Å². The van der Waals surface area contributed by atoms with Crippen LogP contribution in [-0.2, 0) is 20.7 Å². The van der Waals surface area contributed by atoms with Gasteiger partial charge in [0.1, 0.15) is 17.4 Å². The molecule has 0 bridgehead atoms. The van der Waals surface area contributed by atoms with Crippen molar-refractivity contribution >= 4 is 45.2 Å². The highest BCUT2D eigenvalue weighted by Gasteiger charge is 2.22. The Morgan fingerprint density at radius 3 is 2.81 bits per heavy atom. The Morgan fingerprint density at radius 2 is 2.04 bits per heavy atom. The van der Waals surface area contributed by atoms with Gasteiger partial charge in [-0.15, -0.1) is 11.3 Å². The number of ether oxygens (including phenoxy) is 1. The molecule has 0 aliphatic heterocycles. The highest BCUT2D eigenvalue weighted by Crippen LogP contribution is 2.28. The van der Waals surface area contributed by atoms with Crippen LogP contribution in [0.15, 0.2) is 53.1 Å². The molecule has 3 rings (SSSR count). The number of thioether (sulfide) groups is 1. The molecule has 3 aromatic rings. The maximum absolute atomic E-state index is 12.3. The van der Waals surface area contributed by atoms with Gasteiger partial charge in [0, 0.05) is 6.42 Å². The lowest BCUT2D eigenvalue weighted by molar-refractivity contribution is -0.144. The number of rotatable bonds is 7. The standard InChI is InChI=1S/C18H17N3O3S2/c1-24-18(23)14(9-12-5-3-2-4-6-12)21-15(22)10-26-17-16-13(7-8-25-16)19-11-20-17/h2-8,11,14H,9-10H2,1H3,(H,21,22). The van der Waals surface area contributed by atoms with E-state index in [2.05, 4.69) is 15.3 Å². The van der Waals surface area contributed by atoms with E-state index in [9.17, 15) is 9.59 Å². The van der Waals surface area contributed by atoms with Crippen LogP contribution in [0.25, 0.3) is 10.2 Å². The van der Waals surface area contributed by atoms with E-state index in [0.717, 1.165) is 20.8 Å². The summed E-state index contributed by atoms with van der Waals surface area (Å²) in [4.78, 5) is 32.8. The zero-order valence-electron chi connectivity index (χ0n) is 14.0. The maximum atomic E-state index is 12.3. The van der Waals surface area contributed by atoms with Gasteiger partial charge in [-0.05, 0) is 17.0 Å². The van der Waals surface area contributed by atoms with Crippen molar-refractivity contribution in [2.75, 3.05) is 12.9 Å². The predicted molar refractivity (Wildman–Crippen MR) is 102 cm³/mol. The molecule has 0 radical (unpaired) electrons. The summed E-state index contributed by atoms with van der Waals surface area (Å²) in [6.45, 7) is 0. The Balaban J connectivity index is 1.62. The van der Waals surface area contributed by atoms with E-state index in [1.54, 1.807) is 0 Å². The summed E-state index contributed by atoms with van der Waals surface area (Å²) >= 11 is 2.86. The van der Waals surface area contributed by atoms with Gasteiger partial charge in [0.25, 0.3) is 0 Å². The number of nitrogens with one attached hydrogen (secondary N) is 1. The number of aromatic nitrogens is 2. The average molecular weight is 387 g/mol. The maximum Gasteiger partial charge on any atom is 0.328 e. The van der Waals surface area contributed by atoms with Gasteiger partial charge in [-0.3, -0.25) is 4.79 Å². The fourth-order valence-electron chi connectivity index (χ4n) is 2.42. The third-order valence-corrected chi connectivity index (χ3v) is 5.68. The average Bonchev–Trinajstić information content (AvgIpc) is 3.15. The van der Waals surface area contributed by atoms with Crippen molar-refractivity contribution in [2.24, 2.45) is 0 Å². The number of benzene rings is 1. The molecule has 0 saturated heterocycles. The van der Waals surface area contributed by atoms with Gasteiger partial charge in [0.15, 0.2) is 0 Å². The second-order valence-electron chi connectivity index (χ2n) is 5.44. The number of hydrogen-bond donors (Lipinski definition) is 1. The number of hydrogen-bond acceptors (Lipinski definition) is 7. The molecule has 8 heteroatoms. The summed E-state index contributed by atoms with van der Waals surface area (Å²) in [5.41, 5.74) is 1.82. The van der Waals surface area contributed by atoms with Crippen molar-refractivity contribution < 1.29 is 14.3 Å². The molecule has 1 amide bonds. The smallest absolute Gasteiger partial charge is 0.328 e. The molecule has 26 heavy (non-hydrogen) atoms. The van der Waals surface area contributed by atoms with Crippen LogP contribution in [-0.4, -0.2) is 40.7 Å². The number of nitrogens with zero attached hydrogens (tertiary/aromatic N) is 2. The summed E-state index contributed by atoms with van der Waals surface area (Å²) in [7, 11) is 1.32. The van der Waals surface area contributed by atoms with Crippen LogP contribution >= 0.6 is 23.1 Å². The molecular formula is C18H17N3O3S2. The Labute approximate surface area is 159 Å². The first-order valence-electron chi connectivity index (χ1n) is 7.89. The zero-order valence-corrected chi connectivity index (χ0v) is 15.7. The van der Waals surface area contributed by atoms with Gasteiger partial charge in [-0.1, -0.05) is 42.1 Å². The van der Waals surface area contributed by atoms with Crippen molar-refractivity contribution in [3.63, 3.8) is 0 Å². The number of methoxy groups -OCH3 is 1. The fourth-order valence-corrected chi connectivity index (χ4v) is 4.18. The molecule has 0 saturated carbocycles. The minimum atomic E-state index is -0.720. The summed E-state index contributed by atoms with van der Waals surface area (Å²) in [5.74, 6) is -0.550. The van der Waals surface area contributed by atoms with Crippen molar-refractivity contribution in [3.05, 3.63) is 53.7 Å². The third-order valence-electron chi connectivity index (χ3n) is 3.65. The first-order chi connectivity index (χ1) is 12.7. The summed E-state index contributed by atoms with van der Waals surface area (Å²) < 4.78 is 5.77. The second kappa shape index (κ2) is 8.77. The van der Waals surface area contributed by atoms with E-state index in [1.807, 2.05) is 41.8 Å². The number of carbonyl (C=O) groups excluding carboxylic acids is 2. The van der Waals surface area contributed by atoms with Crippen molar-refractivity contribution in [2.45, 2.75) is 17.5 Å².